The van der Waals surface area contributed by atoms with Crippen LogP contribution in [-0.2, 0) is 11.2 Å². The summed E-state index contributed by atoms with van der Waals surface area (Å²) in [4.78, 5) is 18.8. The van der Waals surface area contributed by atoms with Crippen LogP contribution in [0.4, 0.5) is 4.39 Å². The SMILES string of the molecule is CCNC(=NCC(Cc1ccc(F)cc1)C(N)=O)NC(C)CCCN(CC)CC.I. The van der Waals surface area contributed by atoms with Gasteiger partial charge in [-0.25, -0.2) is 4.39 Å². The molecule has 0 aliphatic heterocycles. The van der Waals surface area contributed by atoms with Crippen LogP contribution < -0.4 is 16.4 Å². The van der Waals surface area contributed by atoms with E-state index in [1.54, 1.807) is 12.1 Å². The lowest BCUT2D eigenvalue weighted by Gasteiger charge is -2.21. The number of benzene rings is 1. The Morgan fingerprint density at radius 2 is 1.83 bits per heavy atom. The third kappa shape index (κ3) is 11.7. The molecule has 0 aliphatic carbocycles. The number of aliphatic imine (C=N–C) groups is 1. The summed E-state index contributed by atoms with van der Waals surface area (Å²) in [6.07, 6.45) is 2.59. The van der Waals surface area contributed by atoms with E-state index in [9.17, 15) is 9.18 Å². The van der Waals surface area contributed by atoms with Crippen LogP contribution in [0.15, 0.2) is 29.3 Å². The first-order chi connectivity index (χ1) is 13.9. The number of primary amides is 1. The van der Waals surface area contributed by atoms with Gasteiger partial charge < -0.3 is 21.3 Å². The lowest BCUT2D eigenvalue weighted by atomic mass is 9.99. The molecule has 30 heavy (non-hydrogen) atoms. The van der Waals surface area contributed by atoms with Crippen LogP contribution >= 0.6 is 24.0 Å². The highest BCUT2D eigenvalue weighted by Crippen LogP contribution is 2.11. The highest BCUT2D eigenvalue weighted by Gasteiger charge is 2.16. The van der Waals surface area contributed by atoms with Gasteiger partial charge >= 0.3 is 0 Å². The van der Waals surface area contributed by atoms with Crippen LogP contribution in [0, 0.1) is 11.7 Å². The molecule has 0 spiro atoms. The molecule has 0 saturated carbocycles. The highest BCUT2D eigenvalue weighted by molar-refractivity contribution is 14.0. The number of carbonyl (C=O) groups is 1. The molecule has 2 atom stereocenters. The Hall–Kier alpha value is -1.42. The van der Waals surface area contributed by atoms with E-state index >= 15 is 0 Å². The number of halogens is 2. The first kappa shape index (κ1) is 28.6. The molecule has 4 N–H and O–H groups in total. The number of nitrogens with zero attached hydrogens (tertiary/aromatic N) is 2. The summed E-state index contributed by atoms with van der Waals surface area (Å²) < 4.78 is 13.1. The van der Waals surface area contributed by atoms with Gasteiger partial charge in [0.1, 0.15) is 5.82 Å². The van der Waals surface area contributed by atoms with Crippen LogP contribution in [0.3, 0.4) is 0 Å². The van der Waals surface area contributed by atoms with E-state index in [2.05, 4.69) is 41.3 Å². The molecule has 0 fully saturated rings. The maximum absolute atomic E-state index is 13.1. The van der Waals surface area contributed by atoms with Crippen molar-refractivity contribution in [2.24, 2.45) is 16.6 Å². The van der Waals surface area contributed by atoms with Crippen LogP contribution in [0.5, 0.6) is 0 Å². The Morgan fingerprint density at radius 1 is 1.20 bits per heavy atom. The molecule has 2 unspecified atom stereocenters. The monoisotopic (exact) mass is 535 g/mol. The summed E-state index contributed by atoms with van der Waals surface area (Å²) in [7, 11) is 0. The summed E-state index contributed by atoms with van der Waals surface area (Å²) in [5, 5.41) is 6.64. The van der Waals surface area contributed by atoms with Gasteiger partial charge in [-0.05, 0) is 70.4 Å². The summed E-state index contributed by atoms with van der Waals surface area (Å²) in [6.45, 7) is 12.8. The Balaban J connectivity index is 0.00000841. The number of nitrogens with one attached hydrogen (secondary N) is 2. The molecule has 172 valence electrons. The van der Waals surface area contributed by atoms with E-state index in [1.165, 1.54) is 12.1 Å². The van der Waals surface area contributed by atoms with Gasteiger partial charge in [-0.15, -0.1) is 24.0 Å². The minimum Gasteiger partial charge on any atom is -0.369 e. The van der Waals surface area contributed by atoms with E-state index in [0.717, 1.165) is 44.6 Å². The minimum atomic E-state index is -0.436. The second-order valence-corrected chi connectivity index (χ2v) is 7.36. The van der Waals surface area contributed by atoms with Gasteiger partial charge in [-0.3, -0.25) is 9.79 Å². The van der Waals surface area contributed by atoms with Crippen molar-refractivity contribution in [1.29, 1.82) is 0 Å². The molecule has 0 saturated heterocycles. The van der Waals surface area contributed by atoms with Gasteiger partial charge in [0, 0.05) is 12.6 Å². The molecule has 0 radical (unpaired) electrons. The van der Waals surface area contributed by atoms with E-state index in [4.69, 9.17) is 5.73 Å². The molecule has 6 nitrogen and oxygen atoms in total. The third-order valence-electron chi connectivity index (χ3n) is 5.00. The number of nitrogens with two attached hydrogens (primary N) is 1. The zero-order valence-electron chi connectivity index (χ0n) is 18.8. The first-order valence-electron chi connectivity index (χ1n) is 10.7. The van der Waals surface area contributed by atoms with Gasteiger partial charge in [-0.2, -0.15) is 0 Å². The summed E-state index contributed by atoms with van der Waals surface area (Å²) in [5.41, 5.74) is 6.44. The lowest BCUT2D eigenvalue weighted by molar-refractivity contribution is -0.121. The van der Waals surface area contributed by atoms with Crippen LogP contribution in [-0.4, -0.2) is 55.5 Å². The van der Waals surface area contributed by atoms with Gasteiger partial charge in [0.2, 0.25) is 5.91 Å². The van der Waals surface area contributed by atoms with Crippen molar-refractivity contribution < 1.29 is 9.18 Å². The second-order valence-electron chi connectivity index (χ2n) is 7.36. The molecule has 0 aromatic heterocycles. The van der Waals surface area contributed by atoms with Crippen molar-refractivity contribution in [1.82, 2.24) is 15.5 Å². The van der Waals surface area contributed by atoms with E-state index in [1.807, 2.05) is 6.92 Å². The second kappa shape index (κ2) is 16.3. The van der Waals surface area contributed by atoms with Gasteiger partial charge in [0.25, 0.3) is 0 Å². The predicted molar refractivity (Wildman–Crippen MR) is 134 cm³/mol. The standard InChI is InChI=1S/C22H38FN5O.HI/c1-5-25-22(27-17(4)9-8-14-28(6-2)7-3)26-16-19(21(24)29)15-18-10-12-20(23)13-11-18;/h10-13,17,19H,5-9,14-16H2,1-4H3,(H2,24,29)(H2,25,26,27);1H. The van der Waals surface area contributed by atoms with E-state index in [-0.39, 0.29) is 42.4 Å². The number of hydrogen-bond donors (Lipinski definition) is 3. The fraction of sp³-hybridized carbons (Fsp3) is 0.636. The quantitative estimate of drug-likeness (QED) is 0.206. The zero-order valence-corrected chi connectivity index (χ0v) is 21.1. The number of rotatable bonds is 13. The maximum atomic E-state index is 13.1. The fourth-order valence-corrected chi connectivity index (χ4v) is 3.15. The first-order valence-corrected chi connectivity index (χ1v) is 10.7. The number of amides is 1. The van der Waals surface area contributed by atoms with Crippen molar-refractivity contribution in [3.8, 4) is 0 Å². The molecule has 1 amide bonds. The molecule has 0 bridgehead atoms. The molecular formula is C22H39FIN5O. The van der Waals surface area contributed by atoms with Crippen molar-refractivity contribution in [2.45, 2.75) is 53.0 Å². The van der Waals surface area contributed by atoms with Gasteiger partial charge in [0.05, 0.1) is 12.5 Å². The Kier molecular flexibility index (Phi) is 15.5. The minimum absolute atomic E-state index is 0. The van der Waals surface area contributed by atoms with Crippen molar-refractivity contribution in [2.75, 3.05) is 32.7 Å². The van der Waals surface area contributed by atoms with Gasteiger partial charge in [0.15, 0.2) is 5.96 Å². The largest absolute Gasteiger partial charge is 0.369 e. The number of guanidine groups is 1. The Labute approximate surface area is 198 Å². The average Bonchev–Trinajstić information content (AvgIpc) is 2.69. The van der Waals surface area contributed by atoms with Crippen LogP contribution in [0.1, 0.15) is 46.1 Å². The maximum Gasteiger partial charge on any atom is 0.222 e. The normalized spacial score (nSPS) is 13.5. The average molecular weight is 535 g/mol. The summed E-state index contributed by atoms with van der Waals surface area (Å²) in [5.74, 6) is -0.445. The summed E-state index contributed by atoms with van der Waals surface area (Å²) in [6, 6.07) is 6.41. The highest BCUT2D eigenvalue weighted by atomic mass is 127. The molecular weight excluding hydrogens is 496 g/mol. The smallest absolute Gasteiger partial charge is 0.222 e. The lowest BCUT2D eigenvalue weighted by Crippen LogP contribution is -2.43. The number of carbonyl (C=O) groups excluding carboxylic acids is 1. The molecule has 0 heterocycles. The van der Waals surface area contributed by atoms with Gasteiger partial charge in [-0.1, -0.05) is 26.0 Å². The number of hydrogen-bond acceptors (Lipinski definition) is 3. The fourth-order valence-electron chi connectivity index (χ4n) is 3.15. The Morgan fingerprint density at radius 3 is 2.37 bits per heavy atom. The van der Waals surface area contributed by atoms with E-state index in [0.29, 0.717) is 12.4 Å². The van der Waals surface area contributed by atoms with Crippen molar-refractivity contribution >= 4 is 35.8 Å². The molecule has 8 heteroatoms. The zero-order chi connectivity index (χ0) is 21.6. The molecule has 0 aliphatic rings. The third-order valence-corrected chi connectivity index (χ3v) is 5.00. The summed E-state index contributed by atoms with van der Waals surface area (Å²) >= 11 is 0. The molecule has 1 aromatic rings. The van der Waals surface area contributed by atoms with Crippen LogP contribution in [0.2, 0.25) is 0 Å². The molecule has 1 rings (SSSR count). The molecule has 1 aromatic carbocycles. The Bertz CT molecular complexity index is 622. The topological polar surface area (TPSA) is 82.7 Å². The van der Waals surface area contributed by atoms with Crippen molar-refractivity contribution in [3.05, 3.63) is 35.6 Å². The predicted octanol–water partition coefficient (Wildman–Crippen LogP) is 3.15. The van der Waals surface area contributed by atoms with Crippen LogP contribution in [0.25, 0.3) is 0 Å². The van der Waals surface area contributed by atoms with E-state index < -0.39 is 11.8 Å². The van der Waals surface area contributed by atoms with Crippen molar-refractivity contribution in [3.63, 3.8) is 0 Å².